The highest BCUT2D eigenvalue weighted by molar-refractivity contribution is 6.33. The molecule has 124 valence electrons. The third kappa shape index (κ3) is 3.60. The van der Waals surface area contributed by atoms with Gasteiger partial charge in [0.2, 0.25) is 5.69 Å². The maximum absolute atomic E-state index is 7.06. The molecular formula is C17H24ClN5. The Balaban J connectivity index is 1.72. The zero-order valence-corrected chi connectivity index (χ0v) is 14.4. The summed E-state index contributed by atoms with van der Waals surface area (Å²) in [5.74, 6) is 0.822. The fraction of sp³-hybridized carbons (Fsp3) is 0.647. The van der Waals surface area contributed by atoms with Crippen LogP contribution in [0.1, 0.15) is 26.2 Å². The van der Waals surface area contributed by atoms with Crippen LogP contribution in [-0.4, -0.2) is 54.7 Å². The van der Waals surface area contributed by atoms with Crippen molar-refractivity contribution < 1.29 is 0 Å². The highest BCUT2D eigenvalue weighted by Crippen LogP contribution is 2.30. The SMILES string of the molecule is [C-]#[N+]c1cnc(N2CCN(C3CCNCC3)[C@@H](CC)C2)c(Cl)c1. The summed E-state index contributed by atoms with van der Waals surface area (Å²) in [4.78, 5) is 12.8. The molecule has 2 aliphatic rings. The number of piperazine rings is 1. The second kappa shape index (κ2) is 7.48. The molecule has 2 saturated heterocycles. The van der Waals surface area contributed by atoms with E-state index in [-0.39, 0.29) is 0 Å². The van der Waals surface area contributed by atoms with Gasteiger partial charge in [-0.2, -0.15) is 0 Å². The maximum atomic E-state index is 7.06. The number of nitrogens with one attached hydrogen (secondary N) is 1. The molecule has 1 atom stereocenters. The van der Waals surface area contributed by atoms with Crippen molar-refractivity contribution in [2.24, 2.45) is 0 Å². The molecule has 6 heteroatoms. The molecule has 3 heterocycles. The lowest BCUT2D eigenvalue weighted by atomic mass is 9.99. The first-order valence-corrected chi connectivity index (χ1v) is 8.85. The van der Waals surface area contributed by atoms with Crippen LogP contribution in [0.25, 0.3) is 4.85 Å². The van der Waals surface area contributed by atoms with Crippen LogP contribution in [0.4, 0.5) is 11.5 Å². The average molecular weight is 334 g/mol. The van der Waals surface area contributed by atoms with Crippen LogP contribution in [0.5, 0.6) is 0 Å². The van der Waals surface area contributed by atoms with E-state index in [0.717, 1.165) is 45.0 Å². The first-order valence-electron chi connectivity index (χ1n) is 8.47. The van der Waals surface area contributed by atoms with E-state index in [9.17, 15) is 0 Å². The van der Waals surface area contributed by atoms with Crippen molar-refractivity contribution in [3.05, 3.63) is 28.7 Å². The minimum atomic E-state index is 0.499. The number of hydrogen-bond donors (Lipinski definition) is 1. The summed E-state index contributed by atoms with van der Waals surface area (Å²) in [7, 11) is 0. The average Bonchev–Trinajstić information content (AvgIpc) is 2.61. The Kier molecular flexibility index (Phi) is 5.37. The number of halogens is 1. The highest BCUT2D eigenvalue weighted by Gasteiger charge is 2.32. The van der Waals surface area contributed by atoms with Gasteiger partial charge in [-0.25, -0.2) is 9.83 Å². The molecule has 23 heavy (non-hydrogen) atoms. The molecule has 1 aromatic rings. The number of piperidine rings is 1. The van der Waals surface area contributed by atoms with Crippen molar-refractivity contribution in [2.75, 3.05) is 37.6 Å². The Hall–Kier alpha value is -1.35. The summed E-state index contributed by atoms with van der Waals surface area (Å²) in [6.45, 7) is 14.6. The molecule has 1 aromatic heterocycles. The first kappa shape index (κ1) is 16.5. The highest BCUT2D eigenvalue weighted by atomic mass is 35.5. The molecule has 0 amide bonds. The van der Waals surface area contributed by atoms with E-state index in [1.54, 1.807) is 12.3 Å². The largest absolute Gasteiger partial charge is 0.353 e. The summed E-state index contributed by atoms with van der Waals surface area (Å²) >= 11 is 6.35. The zero-order valence-electron chi connectivity index (χ0n) is 13.6. The Morgan fingerprint density at radius 1 is 1.39 bits per heavy atom. The minimum absolute atomic E-state index is 0.499. The zero-order chi connectivity index (χ0) is 16.2. The summed E-state index contributed by atoms with van der Waals surface area (Å²) in [6, 6.07) is 2.97. The van der Waals surface area contributed by atoms with Crippen molar-refractivity contribution in [2.45, 2.75) is 38.3 Å². The Bertz CT molecular complexity index is 579. The molecule has 2 aliphatic heterocycles. The number of rotatable bonds is 3. The first-order chi connectivity index (χ1) is 11.2. The molecule has 1 N–H and O–H groups in total. The van der Waals surface area contributed by atoms with E-state index in [1.165, 1.54) is 12.8 Å². The quantitative estimate of drug-likeness (QED) is 0.863. The van der Waals surface area contributed by atoms with Crippen molar-refractivity contribution in [1.29, 1.82) is 0 Å². The molecule has 0 radical (unpaired) electrons. The van der Waals surface area contributed by atoms with Gasteiger partial charge in [0.05, 0.1) is 11.6 Å². The minimum Gasteiger partial charge on any atom is -0.353 e. The van der Waals surface area contributed by atoms with Crippen LogP contribution in [0.2, 0.25) is 5.02 Å². The second-order valence-electron chi connectivity index (χ2n) is 6.34. The van der Waals surface area contributed by atoms with Gasteiger partial charge in [0.15, 0.2) is 0 Å². The van der Waals surface area contributed by atoms with Gasteiger partial charge in [-0.15, -0.1) is 0 Å². The summed E-state index contributed by atoms with van der Waals surface area (Å²) in [6.07, 6.45) is 5.25. The number of aromatic nitrogens is 1. The van der Waals surface area contributed by atoms with Gasteiger partial charge < -0.3 is 10.2 Å². The van der Waals surface area contributed by atoms with Gasteiger partial charge in [-0.1, -0.05) is 18.5 Å². The van der Waals surface area contributed by atoms with E-state index < -0.39 is 0 Å². The van der Waals surface area contributed by atoms with Crippen LogP contribution in [0.15, 0.2) is 12.3 Å². The van der Waals surface area contributed by atoms with E-state index in [4.69, 9.17) is 18.2 Å². The Morgan fingerprint density at radius 2 is 2.17 bits per heavy atom. The van der Waals surface area contributed by atoms with Gasteiger partial charge in [-0.05, 0) is 38.4 Å². The van der Waals surface area contributed by atoms with E-state index in [1.807, 2.05) is 0 Å². The van der Waals surface area contributed by atoms with E-state index >= 15 is 0 Å². The lowest BCUT2D eigenvalue weighted by molar-refractivity contribution is 0.0936. The maximum Gasteiger partial charge on any atom is 0.206 e. The number of hydrogen-bond acceptors (Lipinski definition) is 4. The summed E-state index contributed by atoms with van der Waals surface area (Å²) in [5, 5.41) is 4.04. The molecule has 0 spiro atoms. The number of pyridine rings is 1. The van der Waals surface area contributed by atoms with Crippen molar-refractivity contribution >= 4 is 23.1 Å². The van der Waals surface area contributed by atoms with Gasteiger partial charge in [-0.3, -0.25) is 4.90 Å². The fourth-order valence-corrected chi connectivity index (χ4v) is 4.04. The van der Waals surface area contributed by atoms with Crippen LogP contribution in [-0.2, 0) is 0 Å². The van der Waals surface area contributed by atoms with Crippen molar-refractivity contribution in [3.8, 4) is 0 Å². The number of anilines is 1. The molecule has 3 rings (SSSR count). The van der Waals surface area contributed by atoms with Crippen LogP contribution >= 0.6 is 11.6 Å². The predicted octanol–water partition coefficient (Wildman–Crippen LogP) is 2.94. The van der Waals surface area contributed by atoms with E-state index in [2.05, 4.69) is 31.9 Å². The van der Waals surface area contributed by atoms with Gasteiger partial charge >= 0.3 is 0 Å². The predicted molar refractivity (Wildman–Crippen MR) is 94.4 cm³/mol. The van der Waals surface area contributed by atoms with E-state index in [0.29, 0.717) is 22.8 Å². The third-order valence-electron chi connectivity index (χ3n) is 5.01. The normalized spacial score (nSPS) is 23.7. The van der Waals surface area contributed by atoms with Crippen LogP contribution in [0.3, 0.4) is 0 Å². The monoisotopic (exact) mass is 333 g/mol. The van der Waals surface area contributed by atoms with Gasteiger partial charge in [0.1, 0.15) is 5.82 Å². The fourth-order valence-electron chi connectivity index (χ4n) is 3.76. The van der Waals surface area contributed by atoms with Crippen LogP contribution in [0, 0.1) is 6.57 Å². The lowest BCUT2D eigenvalue weighted by Crippen LogP contribution is -2.58. The van der Waals surface area contributed by atoms with Gasteiger partial charge in [0.25, 0.3) is 0 Å². The molecule has 5 nitrogen and oxygen atoms in total. The molecule has 0 aromatic carbocycles. The molecule has 0 saturated carbocycles. The molecule has 0 unspecified atom stereocenters. The second-order valence-corrected chi connectivity index (χ2v) is 6.75. The molecular weight excluding hydrogens is 310 g/mol. The van der Waals surface area contributed by atoms with Gasteiger partial charge in [0, 0.05) is 37.9 Å². The topological polar surface area (TPSA) is 35.8 Å². The third-order valence-corrected chi connectivity index (χ3v) is 5.29. The summed E-state index contributed by atoms with van der Waals surface area (Å²) in [5.41, 5.74) is 0.499. The smallest absolute Gasteiger partial charge is 0.206 e. The van der Waals surface area contributed by atoms with Crippen molar-refractivity contribution in [1.82, 2.24) is 15.2 Å². The molecule has 2 fully saturated rings. The Labute approximate surface area is 143 Å². The Morgan fingerprint density at radius 3 is 2.83 bits per heavy atom. The van der Waals surface area contributed by atoms with Crippen LogP contribution < -0.4 is 10.2 Å². The lowest BCUT2D eigenvalue weighted by Gasteiger charge is -2.46. The summed E-state index contributed by atoms with van der Waals surface area (Å²) < 4.78 is 0. The standard InChI is InChI=1S/C17H24ClN5/c1-3-14-12-22(17-16(18)10-13(19-2)11-21-17)8-9-23(14)15-4-6-20-7-5-15/h10-11,14-15,20H,3-9,12H2,1H3/t14-/m0/s1. The number of nitrogens with zero attached hydrogens (tertiary/aromatic N) is 4. The molecule has 0 bridgehead atoms. The van der Waals surface area contributed by atoms with Crippen molar-refractivity contribution in [3.63, 3.8) is 0 Å². The molecule has 0 aliphatic carbocycles.